The van der Waals surface area contributed by atoms with E-state index in [9.17, 15) is 14.4 Å². The highest BCUT2D eigenvalue weighted by Crippen LogP contribution is 2.07. The van der Waals surface area contributed by atoms with Crippen molar-refractivity contribution in [1.82, 2.24) is 20.0 Å². The van der Waals surface area contributed by atoms with Gasteiger partial charge in [0.2, 0.25) is 11.8 Å². The van der Waals surface area contributed by atoms with E-state index in [4.69, 9.17) is 5.11 Å². The van der Waals surface area contributed by atoms with Crippen LogP contribution in [0.5, 0.6) is 0 Å². The molecule has 1 saturated heterocycles. The topological polar surface area (TPSA) is 105 Å². The van der Waals surface area contributed by atoms with Crippen molar-refractivity contribution in [2.45, 2.75) is 6.04 Å². The number of aryl methyl sites for hydroxylation is 1. The van der Waals surface area contributed by atoms with Crippen molar-refractivity contribution in [2.75, 3.05) is 13.1 Å². The average Bonchev–Trinajstić information content (AvgIpc) is 2.81. The molecule has 8 heteroatoms. The van der Waals surface area contributed by atoms with Crippen molar-refractivity contribution < 1.29 is 19.5 Å². The number of rotatable bonds is 3. The summed E-state index contributed by atoms with van der Waals surface area (Å²) in [5.41, 5.74) is 0.717. The van der Waals surface area contributed by atoms with E-state index in [0.717, 1.165) is 4.90 Å². The Morgan fingerprint density at radius 3 is 2.90 bits per heavy atom. The molecule has 0 spiro atoms. The van der Waals surface area contributed by atoms with Crippen molar-refractivity contribution in [3.63, 3.8) is 0 Å². The van der Waals surface area contributed by atoms with Crippen molar-refractivity contribution in [2.24, 2.45) is 7.05 Å². The lowest BCUT2D eigenvalue weighted by molar-refractivity contribution is -0.152. The van der Waals surface area contributed by atoms with Crippen molar-refractivity contribution in [3.8, 4) is 0 Å². The van der Waals surface area contributed by atoms with Gasteiger partial charge in [-0.05, 0) is 6.08 Å². The lowest BCUT2D eigenvalue weighted by atomic mass is 10.2. The molecule has 2 rings (SSSR count). The molecule has 2 N–H and O–H groups in total. The summed E-state index contributed by atoms with van der Waals surface area (Å²) < 4.78 is 1.58. The van der Waals surface area contributed by atoms with Crippen molar-refractivity contribution in [3.05, 3.63) is 24.0 Å². The lowest BCUT2D eigenvalue weighted by Crippen LogP contribution is -2.59. The van der Waals surface area contributed by atoms with Crippen molar-refractivity contribution >= 4 is 23.9 Å². The third kappa shape index (κ3) is 3.02. The number of carbonyl (C=O) groups excluding carboxylic acids is 2. The van der Waals surface area contributed by atoms with Gasteiger partial charge in [0.15, 0.2) is 0 Å². The molecule has 1 aliphatic rings. The van der Waals surface area contributed by atoms with Gasteiger partial charge >= 0.3 is 5.97 Å². The Bertz CT molecular complexity index is 578. The molecule has 1 aliphatic heterocycles. The predicted molar refractivity (Wildman–Crippen MR) is 68.4 cm³/mol. The number of carboxylic acid groups (broad SMARTS) is 1. The quantitative estimate of drug-likeness (QED) is 0.679. The average molecular weight is 278 g/mol. The molecular formula is C12H14N4O4. The maximum absolute atomic E-state index is 12.0. The number of carboxylic acids is 1. The maximum atomic E-state index is 12.0. The summed E-state index contributed by atoms with van der Waals surface area (Å²) in [7, 11) is 1.74. The van der Waals surface area contributed by atoms with Gasteiger partial charge in [0.1, 0.15) is 12.6 Å². The van der Waals surface area contributed by atoms with Crippen LogP contribution >= 0.6 is 0 Å². The number of hydrogen-bond acceptors (Lipinski definition) is 4. The molecule has 0 aliphatic carbocycles. The molecule has 1 fully saturated rings. The van der Waals surface area contributed by atoms with Gasteiger partial charge in [-0.25, -0.2) is 4.79 Å². The van der Waals surface area contributed by atoms with E-state index in [1.165, 1.54) is 12.2 Å². The van der Waals surface area contributed by atoms with Crippen LogP contribution in [0.2, 0.25) is 0 Å². The number of amides is 2. The van der Waals surface area contributed by atoms with Crippen LogP contribution in [0.1, 0.15) is 5.56 Å². The molecule has 2 amide bonds. The summed E-state index contributed by atoms with van der Waals surface area (Å²) in [6, 6.07) is -1.04. The minimum Gasteiger partial charge on any atom is -0.480 e. The first kappa shape index (κ1) is 13.8. The first-order valence-electron chi connectivity index (χ1n) is 5.94. The monoisotopic (exact) mass is 278 g/mol. The van der Waals surface area contributed by atoms with Crippen LogP contribution in [0.4, 0.5) is 0 Å². The number of hydrogen-bond donors (Lipinski definition) is 2. The molecule has 106 valence electrons. The van der Waals surface area contributed by atoms with E-state index < -0.39 is 17.9 Å². The van der Waals surface area contributed by atoms with Gasteiger partial charge in [0, 0.05) is 31.4 Å². The summed E-state index contributed by atoms with van der Waals surface area (Å²) in [4.78, 5) is 35.4. The van der Waals surface area contributed by atoms with E-state index in [1.54, 1.807) is 24.1 Å². The van der Waals surface area contributed by atoms with Crippen LogP contribution in [0, 0.1) is 0 Å². The summed E-state index contributed by atoms with van der Waals surface area (Å²) >= 11 is 0. The van der Waals surface area contributed by atoms with E-state index in [1.807, 2.05) is 0 Å². The Morgan fingerprint density at radius 2 is 2.30 bits per heavy atom. The van der Waals surface area contributed by atoms with Gasteiger partial charge < -0.3 is 15.3 Å². The molecule has 0 bridgehead atoms. The van der Waals surface area contributed by atoms with Gasteiger partial charge in [0.25, 0.3) is 0 Å². The van der Waals surface area contributed by atoms with E-state index >= 15 is 0 Å². The Balaban J connectivity index is 2.11. The number of piperazine rings is 1. The molecule has 1 aromatic heterocycles. The Kier molecular flexibility index (Phi) is 3.83. The maximum Gasteiger partial charge on any atom is 0.328 e. The Hall–Kier alpha value is -2.64. The fourth-order valence-electron chi connectivity index (χ4n) is 1.88. The van der Waals surface area contributed by atoms with E-state index in [2.05, 4.69) is 10.4 Å². The fourth-order valence-corrected chi connectivity index (χ4v) is 1.88. The largest absolute Gasteiger partial charge is 0.480 e. The zero-order valence-electron chi connectivity index (χ0n) is 10.8. The van der Waals surface area contributed by atoms with E-state index in [-0.39, 0.29) is 19.0 Å². The SMILES string of the molecule is Cn1cc(/C=C/C(=O)N2CC(=O)NCC2C(=O)O)cn1. The van der Waals surface area contributed by atoms with Gasteiger partial charge in [-0.3, -0.25) is 14.3 Å². The zero-order chi connectivity index (χ0) is 14.7. The minimum absolute atomic E-state index is 0.0827. The molecule has 0 saturated carbocycles. The molecule has 8 nitrogen and oxygen atoms in total. The second kappa shape index (κ2) is 5.55. The van der Waals surface area contributed by atoms with E-state index in [0.29, 0.717) is 5.56 Å². The highest BCUT2D eigenvalue weighted by Gasteiger charge is 2.34. The zero-order valence-corrected chi connectivity index (χ0v) is 10.8. The predicted octanol–water partition coefficient (Wildman–Crippen LogP) is -1.16. The van der Waals surface area contributed by atoms with Crippen LogP contribution < -0.4 is 5.32 Å². The standard InChI is InChI=1S/C12H14N4O4/c1-15-6-8(4-14-15)2-3-11(18)16-7-10(17)13-5-9(16)12(19)20/h2-4,6,9H,5,7H2,1H3,(H,13,17)(H,19,20)/b3-2+. The normalized spacial score (nSPS) is 19.1. The van der Waals surface area contributed by atoms with Crippen LogP contribution in [0.3, 0.4) is 0 Å². The molecule has 1 aromatic rings. The molecule has 0 aromatic carbocycles. The van der Waals surface area contributed by atoms with Gasteiger partial charge in [-0.1, -0.05) is 0 Å². The van der Waals surface area contributed by atoms with Gasteiger partial charge in [0.05, 0.1) is 6.20 Å². The minimum atomic E-state index is -1.15. The number of aromatic nitrogens is 2. The second-order valence-corrected chi connectivity index (χ2v) is 4.40. The number of carbonyl (C=O) groups is 3. The van der Waals surface area contributed by atoms with Crippen LogP contribution in [0.25, 0.3) is 6.08 Å². The fraction of sp³-hybridized carbons (Fsp3) is 0.333. The molecular weight excluding hydrogens is 264 g/mol. The third-order valence-electron chi connectivity index (χ3n) is 2.89. The van der Waals surface area contributed by atoms with Crippen LogP contribution in [0.15, 0.2) is 18.5 Å². The highest BCUT2D eigenvalue weighted by molar-refractivity contribution is 5.98. The van der Waals surface area contributed by atoms with Gasteiger partial charge in [-0.15, -0.1) is 0 Å². The first-order chi connectivity index (χ1) is 9.47. The molecule has 0 radical (unpaired) electrons. The lowest BCUT2D eigenvalue weighted by Gasteiger charge is -2.31. The highest BCUT2D eigenvalue weighted by atomic mass is 16.4. The number of nitrogens with one attached hydrogen (secondary N) is 1. The molecule has 1 atom stereocenters. The summed E-state index contributed by atoms with van der Waals surface area (Å²) in [6.07, 6.45) is 6.05. The van der Waals surface area contributed by atoms with Crippen LogP contribution in [-0.2, 0) is 21.4 Å². The summed E-state index contributed by atoms with van der Waals surface area (Å²) in [6.45, 7) is -0.339. The van der Waals surface area contributed by atoms with Crippen molar-refractivity contribution in [1.29, 1.82) is 0 Å². The Morgan fingerprint density at radius 1 is 1.55 bits per heavy atom. The summed E-state index contributed by atoms with van der Waals surface area (Å²) in [5.74, 6) is -2.03. The number of aliphatic carboxylic acids is 1. The molecule has 2 heterocycles. The Labute approximate surface area is 114 Å². The van der Waals surface area contributed by atoms with Gasteiger partial charge in [-0.2, -0.15) is 5.10 Å². The third-order valence-corrected chi connectivity index (χ3v) is 2.89. The smallest absolute Gasteiger partial charge is 0.328 e. The summed E-state index contributed by atoms with van der Waals surface area (Å²) in [5, 5.41) is 15.4. The molecule has 20 heavy (non-hydrogen) atoms. The number of nitrogens with zero attached hydrogens (tertiary/aromatic N) is 3. The van der Waals surface area contributed by atoms with Crippen LogP contribution in [-0.4, -0.2) is 56.7 Å². The second-order valence-electron chi connectivity index (χ2n) is 4.40. The molecule has 1 unspecified atom stereocenters. The first-order valence-corrected chi connectivity index (χ1v) is 5.94.